The van der Waals surface area contributed by atoms with Gasteiger partial charge in [-0.2, -0.15) is 10.1 Å². The van der Waals surface area contributed by atoms with Crippen LogP contribution in [0.5, 0.6) is 5.75 Å². The molecule has 1 fully saturated rings. The number of methoxy groups -OCH3 is 1. The average Bonchev–Trinajstić information content (AvgIpc) is 3.27. The number of carbonyl (C=O) groups is 1. The predicted octanol–water partition coefficient (Wildman–Crippen LogP) is 2.16. The van der Waals surface area contributed by atoms with Crippen LogP contribution in [0.1, 0.15) is 56.2 Å². The second kappa shape index (κ2) is 11.3. The maximum Gasteiger partial charge on any atom is 0.224 e. The maximum absolute atomic E-state index is 12.1. The Labute approximate surface area is 204 Å². The van der Waals surface area contributed by atoms with Gasteiger partial charge in [-0.15, -0.1) is 0 Å². The van der Waals surface area contributed by atoms with Crippen molar-refractivity contribution in [2.75, 3.05) is 44.4 Å². The molecule has 35 heavy (non-hydrogen) atoms. The van der Waals surface area contributed by atoms with Crippen molar-refractivity contribution in [1.29, 1.82) is 0 Å². The highest BCUT2D eigenvalue weighted by Crippen LogP contribution is 2.32. The number of aliphatic hydroxyl groups is 1. The minimum Gasteiger partial charge on any atom is -0.495 e. The molecule has 4 N–H and O–H groups in total. The number of piperidine rings is 1. The summed E-state index contributed by atoms with van der Waals surface area (Å²) < 4.78 is 7.51. The van der Waals surface area contributed by atoms with E-state index in [0.29, 0.717) is 42.6 Å². The van der Waals surface area contributed by atoms with Gasteiger partial charge in [-0.05, 0) is 36.8 Å². The molecule has 11 nitrogen and oxygen atoms in total. The number of ether oxygens (including phenoxy) is 1. The van der Waals surface area contributed by atoms with Crippen molar-refractivity contribution in [2.24, 2.45) is 0 Å². The largest absolute Gasteiger partial charge is 0.495 e. The SMILES string of the molecule is CCCCNc1nc(N)nc2cnn(Cc3ncc(C4CCN(C(=O)CCO)CC4)cc3OC)c12. The Bertz CT molecular complexity index is 1160. The zero-order valence-electron chi connectivity index (χ0n) is 20.4. The number of fused-ring (bicyclic) bond motifs is 1. The van der Waals surface area contributed by atoms with Crippen molar-refractivity contribution in [3.63, 3.8) is 0 Å². The van der Waals surface area contributed by atoms with Gasteiger partial charge in [0.25, 0.3) is 0 Å². The fourth-order valence-electron chi connectivity index (χ4n) is 4.51. The number of aromatic nitrogens is 5. The second-order valence-electron chi connectivity index (χ2n) is 8.79. The highest BCUT2D eigenvalue weighted by molar-refractivity contribution is 5.86. The number of nitrogens with zero attached hydrogens (tertiary/aromatic N) is 6. The second-order valence-corrected chi connectivity index (χ2v) is 8.79. The van der Waals surface area contributed by atoms with Crippen LogP contribution in [0.15, 0.2) is 18.5 Å². The molecule has 188 valence electrons. The number of hydrogen-bond donors (Lipinski definition) is 3. The molecular weight excluding hydrogens is 448 g/mol. The van der Waals surface area contributed by atoms with Crippen LogP contribution in [0, 0.1) is 0 Å². The predicted molar refractivity (Wildman–Crippen MR) is 133 cm³/mol. The number of nitrogens with one attached hydrogen (secondary N) is 1. The van der Waals surface area contributed by atoms with Crippen LogP contribution in [0.2, 0.25) is 0 Å². The van der Waals surface area contributed by atoms with Gasteiger partial charge in [0.2, 0.25) is 11.9 Å². The molecule has 0 unspecified atom stereocenters. The minimum absolute atomic E-state index is 0.0118. The van der Waals surface area contributed by atoms with Crippen molar-refractivity contribution in [3.05, 3.63) is 29.7 Å². The summed E-state index contributed by atoms with van der Waals surface area (Å²) in [5, 5.41) is 16.9. The smallest absolute Gasteiger partial charge is 0.224 e. The number of nitrogen functional groups attached to an aromatic ring is 1. The highest BCUT2D eigenvalue weighted by Gasteiger charge is 2.25. The fourth-order valence-corrected chi connectivity index (χ4v) is 4.51. The topological polar surface area (TPSA) is 144 Å². The first kappa shape index (κ1) is 24.6. The number of amides is 1. The van der Waals surface area contributed by atoms with Crippen molar-refractivity contribution in [2.45, 2.75) is 51.5 Å². The number of pyridine rings is 1. The third-order valence-corrected chi connectivity index (χ3v) is 6.44. The van der Waals surface area contributed by atoms with E-state index in [1.54, 1.807) is 13.3 Å². The summed E-state index contributed by atoms with van der Waals surface area (Å²) >= 11 is 0. The minimum atomic E-state index is -0.108. The fraction of sp³-hybridized carbons (Fsp3) is 0.542. The Morgan fingerprint density at radius 2 is 2.09 bits per heavy atom. The lowest BCUT2D eigenvalue weighted by molar-refractivity contribution is -0.132. The lowest BCUT2D eigenvalue weighted by atomic mass is 9.90. The monoisotopic (exact) mass is 482 g/mol. The Morgan fingerprint density at radius 1 is 1.29 bits per heavy atom. The van der Waals surface area contributed by atoms with Crippen LogP contribution in [0.25, 0.3) is 11.0 Å². The van der Waals surface area contributed by atoms with Crippen LogP contribution >= 0.6 is 0 Å². The molecule has 3 aromatic rings. The number of hydrogen-bond acceptors (Lipinski definition) is 9. The zero-order valence-corrected chi connectivity index (χ0v) is 20.4. The molecule has 0 atom stereocenters. The summed E-state index contributed by atoms with van der Waals surface area (Å²) in [5.74, 6) is 1.89. The van der Waals surface area contributed by atoms with E-state index in [-0.39, 0.29) is 24.9 Å². The normalized spacial score (nSPS) is 14.4. The number of rotatable bonds is 10. The number of carbonyl (C=O) groups excluding carboxylic acids is 1. The van der Waals surface area contributed by atoms with Gasteiger partial charge >= 0.3 is 0 Å². The summed E-state index contributed by atoms with van der Waals surface area (Å²) in [6.07, 6.45) is 7.57. The molecule has 3 aromatic heterocycles. The van der Waals surface area contributed by atoms with E-state index in [2.05, 4.69) is 27.3 Å². The molecule has 1 aliphatic rings. The van der Waals surface area contributed by atoms with Crippen molar-refractivity contribution >= 4 is 28.7 Å². The Balaban J connectivity index is 1.52. The molecule has 1 saturated heterocycles. The molecular formula is C24H34N8O3. The van der Waals surface area contributed by atoms with E-state index in [1.165, 1.54) is 0 Å². The molecule has 0 bridgehead atoms. The van der Waals surface area contributed by atoms with Gasteiger partial charge in [-0.1, -0.05) is 13.3 Å². The van der Waals surface area contributed by atoms with Crippen LogP contribution in [-0.4, -0.2) is 74.0 Å². The highest BCUT2D eigenvalue weighted by atomic mass is 16.5. The van der Waals surface area contributed by atoms with E-state index in [9.17, 15) is 4.79 Å². The van der Waals surface area contributed by atoms with Gasteiger partial charge in [0.05, 0.1) is 26.5 Å². The van der Waals surface area contributed by atoms with Gasteiger partial charge in [0, 0.05) is 32.3 Å². The number of aliphatic hydroxyl groups excluding tert-OH is 1. The summed E-state index contributed by atoms with van der Waals surface area (Å²) in [6, 6.07) is 2.04. The maximum atomic E-state index is 12.1. The van der Waals surface area contributed by atoms with Crippen LogP contribution < -0.4 is 15.8 Å². The Kier molecular flexibility index (Phi) is 7.96. The van der Waals surface area contributed by atoms with Crippen molar-refractivity contribution in [3.8, 4) is 5.75 Å². The number of unbranched alkanes of at least 4 members (excludes halogenated alkanes) is 1. The summed E-state index contributed by atoms with van der Waals surface area (Å²) in [7, 11) is 1.64. The molecule has 0 spiro atoms. The lowest BCUT2D eigenvalue weighted by Crippen LogP contribution is -2.38. The van der Waals surface area contributed by atoms with Gasteiger partial charge in [0.1, 0.15) is 22.5 Å². The molecule has 4 rings (SSSR count). The molecule has 0 aromatic carbocycles. The molecule has 0 aliphatic carbocycles. The van der Waals surface area contributed by atoms with Gasteiger partial charge < -0.3 is 25.8 Å². The van der Waals surface area contributed by atoms with Gasteiger partial charge in [0.15, 0.2) is 5.82 Å². The van der Waals surface area contributed by atoms with E-state index in [0.717, 1.165) is 49.0 Å². The van der Waals surface area contributed by atoms with Crippen molar-refractivity contribution < 1.29 is 14.6 Å². The first-order valence-corrected chi connectivity index (χ1v) is 12.2. The Morgan fingerprint density at radius 3 is 2.80 bits per heavy atom. The van der Waals surface area contributed by atoms with E-state index in [1.807, 2.05) is 21.8 Å². The molecule has 0 saturated carbocycles. The standard InChI is InChI=1S/C24H34N8O3/c1-3-4-8-26-23-22-18(29-24(25)30-23)14-28-32(22)15-19-20(35-2)12-17(13-27-19)16-5-9-31(10-6-16)21(34)7-11-33/h12-14,16,33H,3-11,15H2,1-2H3,(H3,25,26,29,30). The number of likely N-dealkylation sites (tertiary alicyclic amines) is 1. The van der Waals surface area contributed by atoms with E-state index < -0.39 is 0 Å². The lowest BCUT2D eigenvalue weighted by Gasteiger charge is -2.32. The van der Waals surface area contributed by atoms with E-state index >= 15 is 0 Å². The van der Waals surface area contributed by atoms with Crippen LogP contribution in [0.3, 0.4) is 0 Å². The summed E-state index contributed by atoms with van der Waals surface area (Å²) in [6.45, 7) is 4.58. The number of anilines is 2. The summed E-state index contributed by atoms with van der Waals surface area (Å²) in [5.41, 5.74) is 9.21. The Hall–Kier alpha value is -3.47. The first-order valence-electron chi connectivity index (χ1n) is 12.2. The molecule has 1 aliphatic heterocycles. The van der Waals surface area contributed by atoms with Gasteiger partial charge in [-0.25, -0.2) is 4.98 Å². The molecule has 4 heterocycles. The molecule has 11 heteroatoms. The summed E-state index contributed by atoms with van der Waals surface area (Å²) in [4.78, 5) is 27.3. The first-order chi connectivity index (χ1) is 17.0. The molecule has 1 amide bonds. The third-order valence-electron chi connectivity index (χ3n) is 6.44. The van der Waals surface area contributed by atoms with Crippen LogP contribution in [0.4, 0.5) is 11.8 Å². The third kappa shape index (κ3) is 5.61. The van der Waals surface area contributed by atoms with E-state index in [4.69, 9.17) is 20.6 Å². The zero-order chi connectivity index (χ0) is 24.8. The number of nitrogens with two attached hydrogens (primary N) is 1. The van der Waals surface area contributed by atoms with Crippen LogP contribution in [-0.2, 0) is 11.3 Å². The molecule has 0 radical (unpaired) electrons. The van der Waals surface area contributed by atoms with Crippen molar-refractivity contribution in [1.82, 2.24) is 29.6 Å². The quantitative estimate of drug-likeness (QED) is 0.370. The van der Waals surface area contributed by atoms with Gasteiger partial charge in [-0.3, -0.25) is 14.5 Å². The average molecular weight is 483 g/mol.